The number of nitrogens with zero attached hydrogens (tertiary/aromatic N) is 2. The van der Waals surface area contributed by atoms with E-state index in [2.05, 4.69) is 6.07 Å². The van der Waals surface area contributed by atoms with E-state index in [4.69, 9.17) is 4.98 Å². The molecule has 0 spiro atoms. The van der Waals surface area contributed by atoms with Gasteiger partial charge in [0.15, 0.2) is 9.84 Å². The zero-order chi connectivity index (χ0) is 19.6. The standard InChI is InChI=1S/C22H18N2O2S2/c23-14-20-19(16-7-3-1-4-8-16)13-21(17-9-5-2-6-10-17)24-22(20)27-18-11-12-28(25,26)15-18/h1-10,13,18H,11-12,15H2/t18-/m1/s1. The highest BCUT2D eigenvalue weighted by atomic mass is 32.2. The topological polar surface area (TPSA) is 70.8 Å². The summed E-state index contributed by atoms with van der Waals surface area (Å²) in [6.45, 7) is 0. The second kappa shape index (κ2) is 7.78. The Kier molecular flexibility index (Phi) is 5.21. The number of benzene rings is 2. The van der Waals surface area contributed by atoms with Crippen molar-refractivity contribution >= 4 is 21.6 Å². The minimum absolute atomic E-state index is 0.0701. The highest BCUT2D eigenvalue weighted by molar-refractivity contribution is 8.01. The fourth-order valence-electron chi connectivity index (χ4n) is 3.33. The molecule has 0 radical (unpaired) electrons. The van der Waals surface area contributed by atoms with Gasteiger partial charge < -0.3 is 0 Å². The smallest absolute Gasteiger partial charge is 0.151 e. The molecule has 1 aliphatic heterocycles. The Hall–Kier alpha value is -2.62. The summed E-state index contributed by atoms with van der Waals surface area (Å²) in [5.41, 5.74) is 4.01. The SMILES string of the molecule is N#Cc1c(-c2ccccc2)cc(-c2ccccc2)nc1S[C@@H]1CCS(=O)(=O)C1. The fraction of sp³-hybridized carbons (Fsp3) is 0.182. The van der Waals surface area contributed by atoms with Crippen LogP contribution in [0, 0.1) is 11.3 Å². The van der Waals surface area contributed by atoms with Crippen LogP contribution in [0.3, 0.4) is 0 Å². The Balaban J connectivity index is 1.85. The second-order valence-corrected chi connectivity index (χ2v) is 10.2. The van der Waals surface area contributed by atoms with Crippen LogP contribution in [0.15, 0.2) is 71.8 Å². The van der Waals surface area contributed by atoms with Crippen LogP contribution in [0.1, 0.15) is 12.0 Å². The van der Waals surface area contributed by atoms with Crippen LogP contribution in [0.25, 0.3) is 22.4 Å². The zero-order valence-corrected chi connectivity index (χ0v) is 16.7. The fourth-order valence-corrected chi connectivity index (χ4v) is 6.89. The third-order valence-corrected chi connectivity index (χ3v) is 7.95. The summed E-state index contributed by atoms with van der Waals surface area (Å²) < 4.78 is 23.7. The van der Waals surface area contributed by atoms with Gasteiger partial charge in [-0.1, -0.05) is 60.7 Å². The van der Waals surface area contributed by atoms with Crippen LogP contribution in [0.2, 0.25) is 0 Å². The van der Waals surface area contributed by atoms with Gasteiger partial charge in [-0.3, -0.25) is 0 Å². The number of hydrogen-bond acceptors (Lipinski definition) is 5. The molecule has 2 heterocycles. The first-order valence-electron chi connectivity index (χ1n) is 8.99. The van der Waals surface area contributed by atoms with Gasteiger partial charge in [-0.05, 0) is 18.1 Å². The van der Waals surface area contributed by atoms with Gasteiger partial charge in [0.05, 0.1) is 22.8 Å². The molecule has 1 aromatic heterocycles. The van der Waals surface area contributed by atoms with E-state index in [1.54, 1.807) is 0 Å². The first-order valence-corrected chi connectivity index (χ1v) is 11.7. The van der Waals surface area contributed by atoms with E-state index >= 15 is 0 Å². The molecule has 1 atom stereocenters. The molecule has 0 unspecified atom stereocenters. The quantitative estimate of drug-likeness (QED) is 0.635. The molecule has 3 aromatic rings. The minimum Gasteiger partial charge on any atom is -0.240 e. The lowest BCUT2D eigenvalue weighted by atomic mass is 9.99. The molecular weight excluding hydrogens is 388 g/mol. The number of aromatic nitrogens is 1. The third kappa shape index (κ3) is 3.96. The molecule has 0 amide bonds. The van der Waals surface area contributed by atoms with Crippen LogP contribution < -0.4 is 0 Å². The first-order chi connectivity index (χ1) is 13.6. The van der Waals surface area contributed by atoms with Crippen LogP contribution >= 0.6 is 11.8 Å². The maximum absolute atomic E-state index is 11.9. The molecule has 1 aliphatic rings. The Morgan fingerprint density at radius 2 is 1.64 bits per heavy atom. The van der Waals surface area contributed by atoms with Crippen molar-refractivity contribution in [1.29, 1.82) is 5.26 Å². The predicted octanol–water partition coefficient (Wildman–Crippen LogP) is 4.57. The van der Waals surface area contributed by atoms with Gasteiger partial charge in [0.2, 0.25) is 0 Å². The van der Waals surface area contributed by atoms with Gasteiger partial charge in [0.25, 0.3) is 0 Å². The van der Waals surface area contributed by atoms with Crippen molar-refractivity contribution in [2.45, 2.75) is 16.7 Å². The Bertz CT molecular complexity index is 1140. The lowest BCUT2D eigenvalue weighted by molar-refractivity contribution is 0.602. The molecule has 4 rings (SSSR count). The normalized spacial score (nSPS) is 17.9. The highest BCUT2D eigenvalue weighted by Gasteiger charge is 2.30. The van der Waals surface area contributed by atoms with E-state index < -0.39 is 9.84 Å². The predicted molar refractivity (Wildman–Crippen MR) is 113 cm³/mol. The van der Waals surface area contributed by atoms with Gasteiger partial charge in [-0.25, -0.2) is 13.4 Å². The van der Waals surface area contributed by atoms with Crippen molar-refractivity contribution < 1.29 is 8.42 Å². The summed E-state index contributed by atoms with van der Waals surface area (Å²) in [6.07, 6.45) is 0.593. The maximum atomic E-state index is 11.9. The van der Waals surface area contributed by atoms with Gasteiger partial charge in [0, 0.05) is 16.4 Å². The Labute approximate surface area is 169 Å². The van der Waals surface area contributed by atoms with E-state index in [0.29, 0.717) is 17.0 Å². The average Bonchev–Trinajstić information content (AvgIpc) is 3.07. The van der Waals surface area contributed by atoms with E-state index in [-0.39, 0.29) is 16.8 Å². The van der Waals surface area contributed by atoms with Gasteiger partial charge >= 0.3 is 0 Å². The van der Waals surface area contributed by atoms with Crippen molar-refractivity contribution in [3.63, 3.8) is 0 Å². The first kappa shape index (κ1) is 18.7. The van der Waals surface area contributed by atoms with Crippen molar-refractivity contribution in [2.24, 2.45) is 0 Å². The number of rotatable bonds is 4. The second-order valence-electron chi connectivity index (χ2n) is 6.72. The molecule has 0 aliphatic carbocycles. The minimum atomic E-state index is -2.99. The summed E-state index contributed by atoms with van der Waals surface area (Å²) in [6, 6.07) is 23.8. The molecule has 2 aromatic carbocycles. The van der Waals surface area contributed by atoms with E-state index in [1.807, 2.05) is 66.7 Å². The number of sulfone groups is 1. The van der Waals surface area contributed by atoms with Crippen molar-refractivity contribution in [3.8, 4) is 28.5 Å². The highest BCUT2D eigenvalue weighted by Crippen LogP contribution is 2.37. The van der Waals surface area contributed by atoms with Gasteiger partial charge in [-0.2, -0.15) is 5.26 Å². The number of nitriles is 1. The van der Waals surface area contributed by atoms with E-state index in [9.17, 15) is 13.7 Å². The number of pyridine rings is 1. The number of thioether (sulfide) groups is 1. The maximum Gasteiger partial charge on any atom is 0.151 e. The lowest BCUT2D eigenvalue weighted by Crippen LogP contribution is -2.07. The lowest BCUT2D eigenvalue weighted by Gasteiger charge is -2.14. The Morgan fingerprint density at radius 3 is 2.21 bits per heavy atom. The largest absolute Gasteiger partial charge is 0.240 e. The Morgan fingerprint density at radius 1 is 1.00 bits per heavy atom. The zero-order valence-electron chi connectivity index (χ0n) is 15.1. The van der Waals surface area contributed by atoms with Crippen LogP contribution in [0.4, 0.5) is 0 Å². The third-order valence-electron chi connectivity index (χ3n) is 4.72. The van der Waals surface area contributed by atoms with Crippen LogP contribution in [-0.2, 0) is 9.84 Å². The molecule has 28 heavy (non-hydrogen) atoms. The summed E-state index contributed by atoms with van der Waals surface area (Å²) in [4.78, 5) is 4.76. The van der Waals surface area contributed by atoms with Crippen LogP contribution in [-0.4, -0.2) is 30.2 Å². The summed E-state index contributed by atoms with van der Waals surface area (Å²) >= 11 is 1.41. The van der Waals surface area contributed by atoms with Gasteiger partial charge in [0.1, 0.15) is 11.1 Å². The summed E-state index contributed by atoms with van der Waals surface area (Å²) in [5.74, 6) is 0.344. The molecule has 0 N–H and O–H groups in total. The van der Waals surface area contributed by atoms with Crippen molar-refractivity contribution in [3.05, 3.63) is 72.3 Å². The van der Waals surface area contributed by atoms with E-state index in [0.717, 1.165) is 22.4 Å². The molecule has 1 saturated heterocycles. The van der Waals surface area contributed by atoms with Crippen molar-refractivity contribution in [1.82, 2.24) is 4.98 Å². The average molecular weight is 407 g/mol. The van der Waals surface area contributed by atoms with Crippen molar-refractivity contribution in [2.75, 3.05) is 11.5 Å². The van der Waals surface area contributed by atoms with E-state index in [1.165, 1.54) is 11.8 Å². The molecule has 0 saturated carbocycles. The van der Waals surface area contributed by atoms with Crippen LogP contribution in [0.5, 0.6) is 0 Å². The number of hydrogen-bond donors (Lipinski definition) is 0. The molecule has 140 valence electrons. The summed E-state index contributed by atoms with van der Waals surface area (Å²) in [7, 11) is -2.99. The monoisotopic (exact) mass is 406 g/mol. The molecule has 6 heteroatoms. The molecular formula is C22H18N2O2S2. The molecule has 4 nitrogen and oxygen atoms in total. The molecule has 1 fully saturated rings. The summed E-state index contributed by atoms with van der Waals surface area (Å²) in [5, 5.41) is 10.4. The molecule has 0 bridgehead atoms. The van der Waals surface area contributed by atoms with Gasteiger partial charge in [-0.15, -0.1) is 11.8 Å².